The van der Waals surface area contributed by atoms with Crippen LogP contribution in [0, 0.1) is 6.92 Å². The Bertz CT molecular complexity index is 681. The molecular formula is C17H23N5O. The van der Waals surface area contributed by atoms with Gasteiger partial charge in [0.15, 0.2) is 0 Å². The maximum Gasteiger partial charge on any atom is 0.217 e. The van der Waals surface area contributed by atoms with E-state index < -0.39 is 0 Å². The summed E-state index contributed by atoms with van der Waals surface area (Å²) in [6.45, 7) is 7.07. The van der Waals surface area contributed by atoms with Gasteiger partial charge in [0.25, 0.3) is 0 Å². The van der Waals surface area contributed by atoms with Crippen LogP contribution in [0.4, 0.5) is 0 Å². The fourth-order valence-electron chi connectivity index (χ4n) is 2.99. The number of aryl methyl sites for hydroxylation is 1. The van der Waals surface area contributed by atoms with E-state index in [9.17, 15) is 4.79 Å². The Morgan fingerprint density at radius 2 is 2.35 bits per heavy atom. The number of H-pyrrole nitrogens is 1. The molecule has 1 aliphatic rings. The molecule has 3 rings (SSSR count). The number of likely N-dealkylation sites (tertiary alicyclic amines) is 1. The third-order valence-electron chi connectivity index (χ3n) is 4.33. The first-order valence-corrected chi connectivity index (χ1v) is 8.03. The number of nitrogens with zero attached hydrogens (tertiary/aromatic N) is 3. The molecule has 0 radical (unpaired) electrons. The minimum atomic E-state index is -0.0288. The van der Waals surface area contributed by atoms with Crippen LogP contribution in [0.3, 0.4) is 0 Å². The molecule has 3 heterocycles. The van der Waals surface area contributed by atoms with Gasteiger partial charge in [-0.25, -0.2) is 4.98 Å². The smallest absolute Gasteiger partial charge is 0.217 e. The number of rotatable bonds is 5. The van der Waals surface area contributed by atoms with E-state index in [0.717, 1.165) is 43.3 Å². The summed E-state index contributed by atoms with van der Waals surface area (Å²) in [5, 5.41) is 2.78. The van der Waals surface area contributed by atoms with E-state index in [1.54, 1.807) is 0 Å². The molecule has 1 atom stereocenters. The zero-order valence-corrected chi connectivity index (χ0v) is 13.7. The zero-order chi connectivity index (χ0) is 16.2. The Morgan fingerprint density at radius 3 is 3.13 bits per heavy atom. The zero-order valence-electron chi connectivity index (χ0n) is 13.7. The summed E-state index contributed by atoms with van der Waals surface area (Å²) >= 11 is 0. The highest BCUT2D eigenvalue weighted by atomic mass is 16.1. The number of hydrogen-bond acceptors (Lipinski definition) is 4. The maximum atomic E-state index is 11.0. The van der Waals surface area contributed by atoms with Crippen molar-refractivity contribution in [3.8, 4) is 0 Å². The molecule has 122 valence electrons. The fourth-order valence-corrected chi connectivity index (χ4v) is 2.99. The predicted molar refractivity (Wildman–Crippen MR) is 87.7 cm³/mol. The number of aromatic amines is 1. The monoisotopic (exact) mass is 313 g/mol. The molecule has 1 fully saturated rings. The molecule has 0 aliphatic carbocycles. The summed E-state index contributed by atoms with van der Waals surface area (Å²) in [6.07, 6.45) is 4.77. The van der Waals surface area contributed by atoms with Gasteiger partial charge in [-0.2, -0.15) is 0 Å². The van der Waals surface area contributed by atoms with Crippen molar-refractivity contribution >= 4 is 5.91 Å². The number of nitrogens with one attached hydrogen (secondary N) is 2. The minimum absolute atomic E-state index is 0.0288. The van der Waals surface area contributed by atoms with Crippen LogP contribution in [-0.4, -0.2) is 38.8 Å². The topological polar surface area (TPSA) is 73.9 Å². The van der Waals surface area contributed by atoms with E-state index in [0.29, 0.717) is 12.5 Å². The molecule has 0 spiro atoms. The summed E-state index contributed by atoms with van der Waals surface area (Å²) < 4.78 is 0. The Balaban J connectivity index is 1.57. The number of hydrogen-bond donors (Lipinski definition) is 2. The van der Waals surface area contributed by atoms with Gasteiger partial charge in [-0.1, -0.05) is 6.07 Å². The van der Waals surface area contributed by atoms with Crippen LogP contribution in [-0.2, 0) is 17.9 Å². The molecule has 1 aliphatic heterocycles. The molecule has 0 aromatic carbocycles. The normalized spacial score (nSPS) is 18.3. The SMILES string of the molecule is CC(=O)NCc1cnc([C@H]2CCN(Cc3ncccc3C)C2)[nH]1. The Kier molecular flexibility index (Phi) is 4.71. The van der Waals surface area contributed by atoms with Crippen LogP contribution in [0.1, 0.15) is 42.0 Å². The van der Waals surface area contributed by atoms with Gasteiger partial charge in [0.2, 0.25) is 5.91 Å². The molecule has 1 saturated heterocycles. The highest BCUT2D eigenvalue weighted by Crippen LogP contribution is 2.26. The van der Waals surface area contributed by atoms with Crippen LogP contribution in [0.5, 0.6) is 0 Å². The third-order valence-corrected chi connectivity index (χ3v) is 4.33. The predicted octanol–water partition coefficient (Wildman–Crippen LogP) is 1.74. The van der Waals surface area contributed by atoms with Crippen molar-refractivity contribution in [1.29, 1.82) is 0 Å². The Hall–Kier alpha value is -2.21. The van der Waals surface area contributed by atoms with Gasteiger partial charge < -0.3 is 10.3 Å². The second kappa shape index (κ2) is 6.91. The molecule has 6 nitrogen and oxygen atoms in total. The lowest BCUT2D eigenvalue weighted by Gasteiger charge is -2.16. The molecule has 2 N–H and O–H groups in total. The summed E-state index contributed by atoms with van der Waals surface area (Å²) in [7, 11) is 0. The van der Waals surface area contributed by atoms with Crippen molar-refractivity contribution < 1.29 is 4.79 Å². The number of amides is 1. The molecule has 0 unspecified atom stereocenters. The van der Waals surface area contributed by atoms with E-state index >= 15 is 0 Å². The van der Waals surface area contributed by atoms with E-state index in [1.807, 2.05) is 18.5 Å². The molecular weight excluding hydrogens is 290 g/mol. The minimum Gasteiger partial charge on any atom is -0.351 e. The second-order valence-corrected chi connectivity index (χ2v) is 6.19. The van der Waals surface area contributed by atoms with E-state index in [4.69, 9.17) is 0 Å². The number of imidazole rings is 1. The molecule has 6 heteroatoms. The van der Waals surface area contributed by atoms with Gasteiger partial charge in [-0.3, -0.25) is 14.7 Å². The average molecular weight is 313 g/mol. The van der Waals surface area contributed by atoms with Gasteiger partial charge in [0.1, 0.15) is 5.82 Å². The van der Waals surface area contributed by atoms with E-state index in [2.05, 4.69) is 38.2 Å². The van der Waals surface area contributed by atoms with Crippen molar-refractivity contribution in [3.63, 3.8) is 0 Å². The van der Waals surface area contributed by atoms with Crippen LogP contribution >= 0.6 is 0 Å². The Morgan fingerprint density at radius 1 is 1.48 bits per heavy atom. The van der Waals surface area contributed by atoms with Crippen molar-refractivity contribution in [1.82, 2.24) is 25.2 Å². The first kappa shape index (κ1) is 15.7. The van der Waals surface area contributed by atoms with Crippen molar-refractivity contribution in [3.05, 3.63) is 47.3 Å². The van der Waals surface area contributed by atoms with Gasteiger partial charge in [0.05, 0.1) is 24.1 Å². The standard InChI is InChI=1S/C17H23N5O/c1-12-4-3-6-18-16(12)11-22-7-5-14(10-22)17-20-9-15(21-17)8-19-13(2)23/h3-4,6,9,14H,5,7-8,10-11H2,1-2H3,(H,19,23)(H,20,21)/t14-/m0/s1. The van der Waals surface area contributed by atoms with Crippen molar-refractivity contribution in [2.75, 3.05) is 13.1 Å². The van der Waals surface area contributed by atoms with Crippen LogP contribution in [0.25, 0.3) is 0 Å². The van der Waals surface area contributed by atoms with E-state index in [1.165, 1.54) is 12.5 Å². The number of carbonyl (C=O) groups excluding carboxylic acids is 1. The van der Waals surface area contributed by atoms with Gasteiger partial charge in [-0.15, -0.1) is 0 Å². The van der Waals surface area contributed by atoms with Gasteiger partial charge in [-0.05, 0) is 31.5 Å². The highest BCUT2D eigenvalue weighted by Gasteiger charge is 2.26. The first-order valence-electron chi connectivity index (χ1n) is 8.03. The quantitative estimate of drug-likeness (QED) is 0.882. The van der Waals surface area contributed by atoms with Gasteiger partial charge in [0, 0.05) is 32.1 Å². The van der Waals surface area contributed by atoms with Crippen molar-refractivity contribution in [2.45, 2.75) is 39.3 Å². The molecule has 23 heavy (non-hydrogen) atoms. The molecule has 0 bridgehead atoms. The van der Waals surface area contributed by atoms with Crippen LogP contribution in [0.2, 0.25) is 0 Å². The second-order valence-electron chi connectivity index (χ2n) is 6.19. The fraction of sp³-hybridized carbons (Fsp3) is 0.471. The number of pyridine rings is 1. The van der Waals surface area contributed by atoms with Crippen LogP contribution < -0.4 is 5.32 Å². The lowest BCUT2D eigenvalue weighted by Crippen LogP contribution is -2.21. The number of carbonyl (C=O) groups is 1. The molecule has 2 aromatic heterocycles. The van der Waals surface area contributed by atoms with Gasteiger partial charge >= 0.3 is 0 Å². The molecule has 0 saturated carbocycles. The average Bonchev–Trinajstić information content (AvgIpc) is 3.16. The summed E-state index contributed by atoms with van der Waals surface area (Å²) in [4.78, 5) is 25.7. The van der Waals surface area contributed by atoms with Crippen molar-refractivity contribution in [2.24, 2.45) is 0 Å². The third kappa shape index (κ3) is 3.96. The largest absolute Gasteiger partial charge is 0.351 e. The maximum absolute atomic E-state index is 11.0. The summed E-state index contributed by atoms with van der Waals surface area (Å²) in [5.74, 6) is 1.41. The summed E-state index contributed by atoms with van der Waals surface area (Å²) in [6, 6.07) is 4.09. The Labute approximate surface area is 136 Å². The number of aromatic nitrogens is 3. The molecule has 1 amide bonds. The summed E-state index contributed by atoms with van der Waals surface area (Å²) in [5.41, 5.74) is 3.35. The van der Waals surface area contributed by atoms with Crippen LogP contribution in [0.15, 0.2) is 24.5 Å². The molecule has 2 aromatic rings. The lowest BCUT2D eigenvalue weighted by atomic mass is 10.1. The lowest BCUT2D eigenvalue weighted by molar-refractivity contribution is -0.119. The highest BCUT2D eigenvalue weighted by molar-refractivity contribution is 5.72. The first-order chi connectivity index (χ1) is 11.1. The van der Waals surface area contributed by atoms with E-state index in [-0.39, 0.29) is 5.91 Å².